The molecule has 1 aliphatic rings. The van der Waals surface area contributed by atoms with E-state index in [2.05, 4.69) is 127 Å². The fraction of sp³-hybridized carbons (Fsp3) is 0.379. The van der Waals surface area contributed by atoms with Crippen LogP contribution in [0.1, 0.15) is 72.1 Å². The highest BCUT2D eigenvalue weighted by atomic mass is 15.2. The van der Waals surface area contributed by atoms with Crippen molar-refractivity contribution in [2.45, 2.75) is 71.8 Å². The van der Waals surface area contributed by atoms with Gasteiger partial charge in [0.1, 0.15) is 0 Å². The highest BCUT2D eigenvalue weighted by Gasteiger charge is 2.42. The average Bonchev–Trinajstić information content (AvgIpc) is 2.89. The van der Waals surface area contributed by atoms with Gasteiger partial charge in [-0.3, -0.25) is 0 Å². The van der Waals surface area contributed by atoms with E-state index < -0.39 is 0 Å². The molecule has 1 heteroatoms. The molecular formula is C29H35N. The Morgan fingerprint density at radius 3 is 1.87 bits per heavy atom. The normalized spacial score (nSPS) is 14.9. The Hall–Kier alpha value is -2.54. The maximum atomic E-state index is 2.52. The summed E-state index contributed by atoms with van der Waals surface area (Å²) in [7, 11) is 0. The number of rotatable bonds is 2. The van der Waals surface area contributed by atoms with Crippen LogP contribution in [0.2, 0.25) is 0 Å². The summed E-state index contributed by atoms with van der Waals surface area (Å²) in [5.74, 6) is 0. The van der Waals surface area contributed by atoms with Crippen LogP contribution < -0.4 is 4.90 Å². The van der Waals surface area contributed by atoms with E-state index in [0.29, 0.717) is 0 Å². The van der Waals surface area contributed by atoms with Crippen molar-refractivity contribution in [3.05, 3.63) is 83.4 Å². The minimum Gasteiger partial charge on any atom is -0.336 e. The minimum atomic E-state index is -0.0504. The molecule has 0 atom stereocenters. The minimum absolute atomic E-state index is 0.0122. The predicted octanol–water partition coefficient (Wildman–Crippen LogP) is 8.23. The van der Waals surface area contributed by atoms with Gasteiger partial charge in [0.2, 0.25) is 0 Å². The highest BCUT2D eigenvalue weighted by Crippen LogP contribution is 2.55. The molecule has 0 bridgehead atoms. The number of hydrogen-bond acceptors (Lipinski definition) is 1. The standard InChI is InChI=1S/C29H35N/c1-27(2,3)26-24(30(28(4,5)6)20-14-10-9-11-15-20)19-18-22-21-16-12-13-17-23(21)29(7,8)25(22)26/h9-19H,1-8H3. The molecule has 3 aromatic carbocycles. The smallest absolute Gasteiger partial charge is 0.0457 e. The van der Waals surface area contributed by atoms with Crippen LogP contribution in [-0.4, -0.2) is 5.54 Å². The van der Waals surface area contributed by atoms with Crippen LogP contribution in [0.15, 0.2) is 66.7 Å². The molecule has 0 aromatic heterocycles. The fourth-order valence-corrected chi connectivity index (χ4v) is 5.27. The van der Waals surface area contributed by atoms with Gasteiger partial charge in [0.15, 0.2) is 0 Å². The lowest BCUT2D eigenvalue weighted by Gasteiger charge is -2.42. The van der Waals surface area contributed by atoms with Gasteiger partial charge in [-0.2, -0.15) is 0 Å². The van der Waals surface area contributed by atoms with Crippen molar-refractivity contribution in [1.29, 1.82) is 0 Å². The molecule has 30 heavy (non-hydrogen) atoms. The van der Waals surface area contributed by atoms with Crippen molar-refractivity contribution in [2.24, 2.45) is 0 Å². The Morgan fingerprint density at radius 1 is 0.667 bits per heavy atom. The van der Waals surface area contributed by atoms with E-state index in [9.17, 15) is 0 Å². The average molecular weight is 398 g/mol. The van der Waals surface area contributed by atoms with Gasteiger partial charge < -0.3 is 4.90 Å². The van der Waals surface area contributed by atoms with E-state index >= 15 is 0 Å². The molecule has 0 unspecified atom stereocenters. The third-order valence-electron chi connectivity index (χ3n) is 6.38. The van der Waals surface area contributed by atoms with Crippen LogP contribution >= 0.6 is 0 Å². The van der Waals surface area contributed by atoms with Crippen molar-refractivity contribution in [1.82, 2.24) is 0 Å². The SMILES string of the molecule is CC(C)(C)c1c(N(c2ccccc2)C(C)(C)C)ccc2c1C(C)(C)c1ccccc1-2. The van der Waals surface area contributed by atoms with Gasteiger partial charge in [0, 0.05) is 22.3 Å². The van der Waals surface area contributed by atoms with Crippen molar-refractivity contribution >= 4 is 11.4 Å². The van der Waals surface area contributed by atoms with Crippen LogP contribution in [0, 0.1) is 0 Å². The summed E-state index contributed by atoms with van der Waals surface area (Å²) < 4.78 is 0. The monoisotopic (exact) mass is 397 g/mol. The zero-order chi connectivity index (χ0) is 21.9. The van der Waals surface area contributed by atoms with Gasteiger partial charge in [-0.15, -0.1) is 0 Å². The summed E-state index contributed by atoms with van der Waals surface area (Å²) in [6, 6.07) is 24.5. The Kier molecular flexibility index (Phi) is 4.65. The lowest BCUT2D eigenvalue weighted by atomic mass is 9.72. The first-order valence-electron chi connectivity index (χ1n) is 11.1. The summed E-state index contributed by atoms with van der Waals surface area (Å²) in [5, 5.41) is 0. The molecule has 1 aliphatic carbocycles. The first-order chi connectivity index (χ1) is 13.9. The van der Waals surface area contributed by atoms with Crippen LogP contribution in [-0.2, 0) is 10.8 Å². The lowest BCUT2D eigenvalue weighted by Crippen LogP contribution is -2.39. The lowest BCUT2D eigenvalue weighted by molar-refractivity contribution is 0.531. The number of anilines is 2. The molecule has 0 spiro atoms. The summed E-state index contributed by atoms with van der Waals surface area (Å²) in [5.41, 5.74) is 9.66. The van der Waals surface area contributed by atoms with E-state index in [1.807, 2.05) is 0 Å². The summed E-state index contributed by atoms with van der Waals surface area (Å²) in [6.45, 7) is 18.8. The van der Waals surface area contributed by atoms with Crippen LogP contribution in [0.4, 0.5) is 11.4 Å². The maximum absolute atomic E-state index is 2.52. The number of para-hydroxylation sites is 1. The van der Waals surface area contributed by atoms with E-state index in [1.165, 1.54) is 39.2 Å². The molecule has 0 saturated heterocycles. The second-order valence-corrected chi connectivity index (χ2v) is 11.1. The second kappa shape index (κ2) is 6.74. The summed E-state index contributed by atoms with van der Waals surface area (Å²) >= 11 is 0. The van der Waals surface area contributed by atoms with Gasteiger partial charge in [-0.25, -0.2) is 0 Å². The Morgan fingerprint density at radius 2 is 1.27 bits per heavy atom. The van der Waals surface area contributed by atoms with Crippen LogP contribution in [0.25, 0.3) is 11.1 Å². The molecule has 4 rings (SSSR count). The molecular weight excluding hydrogens is 362 g/mol. The van der Waals surface area contributed by atoms with E-state index in [-0.39, 0.29) is 16.4 Å². The van der Waals surface area contributed by atoms with Gasteiger partial charge >= 0.3 is 0 Å². The Bertz CT molecular complexity index is 1080. The second-order valence-electron chi connectivity index (χ2n) is 11.1. The number of hydrogen-bond donors (Lipinski definition) is 0. The predicted molar refractivity (Wildman–Crippen MR) is 131 cm³/mol. The maximum Gasteiger partial charge on any atom is 0.0457 e. The molecule has 3 aromatic rings. The molecule has 0 fully saturated rings. The third kappa shape index (κ3) is 3.16. The topological polar surface area (TPSA) is 3.24 Å². The quantitative estimate of drug-likeness (QED) is 0.421. The number of nitrogens with zero attached hydrogens (tertiary/aromatic N) is 1. The third-order valence-corrected chi connectivity index (χ3v) is 6.38. The largest absolute Gasteiger partial charge is 0.336 e. The highest BCUT2D eigenvalue weighted by molar-refractivity contribution is 5.86. The van der Waals surface area contributed by atoms with Crippen LogP contribution in [0.3, 0.4) is 0 Å². The summed E-state index contributed by atoms with van der Waals surface area (Å²) in [4.78, 5) is 2.52. The first kappa shape index (κ1) is 20.7. The molecule has 0 N–H and O–H groups in total. The van der Waals surface area contributed by atoms with Gasteiger partial charge in [0.25, 0.3) is 0 Å². The number of fused-ring (bicyclic) bond motifs is 3. The van der Waals surface area contributed by atoms with Gasteiger partial charge in [-0.1, -0.05) is 83.1 Å². The molecule has 0 heterocycles. The van der Waals surface area contributed by atoms with Crippen molar-refractivity contribution in [2.75, 3.05) is 4.90 Å². The first-order valence-corrected chi connectivity index (χ1v) is 11.1. The summed E-state index contributed by atoms with van der Waals surface area (Å²) in [6.07, 6.45) is 0. The molecule has 0 aliphatic heterocycles. The fourth-order valence-electron chi connectivity index (χ4n) is 5.27. The zero-order valence-corrected chi connectivity index (χ0v) is 19.8. The molecule has 0 amide bonds. The van der Waals surface area contributed by atoms with Gasteiger partial charge in [0.05, 0.1) is 0 Å². The van der Waals surface area contributed by atoms with E-state index in [0.717, 1.165) is 0 Å². The zero-order valence-electron chi connectivity index (χ0n) is 19.8. The molecule has 1 nitrogen and oxygen atoms in total. The Balaban J connectivity index is 2.08. The van der Waals surface area contributed by atoms with Crippen LogP contribution in [0.5, 0.6) is 0 Å². The van der Waals surface area contributed by atoms with Crippen molar-refractivity contribution < 1.29 is 0 Å². The molecule has 0 saturated carbocycles. The molecule has 156 valence electrons. The van der Waals surface area contributed by atoms with E-state index in [4.69, 9.17) is 0 Å². The van der Waals surface area contributed by atoms with Crippen molar-refractivity contribution in [3.8, 4) is 11.1 Å². The van der Waals surface area contributed by atoms with Gasteiger partial charge in [-0.05, 0) is 72.2 Å². The number of benzene rings is 3. The van der Waals surface area contributed by atoms with E-state index in [1.54, 1.807) is 0 Å². The van der Waals surface area contributed by atoms with Crippen molar-refractivity contribution in [3.63, 3.8) is 0 Å². The Labute approximate surface area is 182 Å². The molecule has 0 radical (unpaired) electrons.